The predicted octanol–water partition coefficient (Wildman–Crippen LogP) is 2.32. The molecule has 4 heteroatoms. The molecule has 0 radical (unpaired) electrons. The molecule has 0 aromatic carbocycles. The summed E-state index contributed by atoms with van der Waals surface area (Å²) in [7, 11) is 0. The van der Waals surface area contributed by atoms with Crippen molar-refractivity contribution in [3.8, 4) is 0 Å². The molecule has 4 aliphatic carbocycles. The number of nitrogens with two attached hydrogens (primary N) is 1. The highest BCUT2D eigenvalue weighted by atomic mass is 16.2. The Balaban J connectivity index is 1.37. The summed E-state index contributed by atoms with van der Waals surface area (Å²) in [5, 5.41) is 0. The van der Waals surface area contributed by atoms with E-state index in [1.165, 1.54) is 38.5 Å². The zero-order chi connectivity index (χ0) is 15.3. The number of rotatable bonds is 3. The maximum atomic E-state index is 12.8. The van der Waals surface area contributed by atoms with Gasteiger partial charge in [0.2, 0.25) is 11.8 Å². The highest BCUT2D eigenvalue weighted by Gasteiger charge is 2.51. The van der Waals surface area contributed by atoms with Crippen LogP contribution in [-0.2, 0) is 9.59 Å². The number of nitrogens with zero attached hydrogens (tertiary/aromatic N) is 1. The summed E-state index contributed by atoms with van der Waals surface area (Å²) < 4.78 is 0. The molecule has 1 aliphatic heterocycles. The first kappa shape index (κ1) is 14.5. The average Bonchev–Trinajstić information content (AvgIpc) is 2.45. The van der Waals surface area contributed by atoms with Crippen LogP contribution in [0.4, 0.5) is 0 Å². The number of hydrogen-bond donors (Lipinski definition) is 1. The van der Waals surface area contributed by atoms with Gasteiger partial charge >= 0.3 is 0 Å². The van der Waals surface area contributed by atoms with Gasteiger partial charge in [0.1, 0.15) is 0 Å². The van der Waals surface area contributed by atoms with E-state index >= 15 is 0 Å². The van der Waals surface area contributed by atoms with E-state index in [1.54, 1.807) is 0 Å². The smallest absolute Gasteiger partial charge is 0.223 e. The quantitative estimate of drug-likeness (QED) is 0.869. The molecule has 4 saturated carbocycles. The van der Waals surface area contributed by atoms with Crippen molar-refractivity contribution in [2.45, 2.75) is 57.8 Å². The fraction of sp³-hybridized carbons (Fsp3) is 0.889. The topological polar surface area (TPSA) is 63.4 Å². The third kappa shape index (κ3) is 2.55. The highest BCUT2D eigenvalue weighted by molar-refractivity contribution is 5.79. The van der Waals surface area contributed by atoms with Crippen molar-refractivity contribution in [3.63, 3.8) is 0 Å². The Labute approximate surface area is 132 Å². The number of carbonyl (C=O) groups excluding carboxylic acids is 2. The minimum atomic E-state index is -0.201. The first-order chi connectivity index (χ1) is 10.5. The molecule has 0 spiro atoms. The van der Waals surface area contributed by atoms with Crippen LogP contribution in [0.15, 0.2) is 0 Å². The third-order valence-corrected chi connectivity index (χ3v) is 6.94. The lowest BCUT2D eigenvalue weighted by Gasteiger charge is -2.57. The van der Waals surface area contributed by atoms with Gasteiger partial charge in [0.15, 0.2) is 0 Å². The van der Waals surface area contributed by atoms with Crippen molar-refractivity contribution in [2.24, 2.45) is 34.8 Å². The number of hydrogen-bond acceptors (Lipinski definition) is 2. The normalized spacial score (nSPS) is 40.9. The second kappa shape index (κ2) is 5.24. The minimum absolute atomic E-state index is 0.0244. The summed E-state index contributed by atoms with van der Waals surface area (Å²) in [5.41, 5.74) is 5.71. The monoisotopic (exact) mass is 304 g/mol. The Morgan fingerprint density at radius 2 is 1.45 bits per heavy atom. The van der Waals surface area contributed by atoms with E-state index in [0.29, 0.717) is 11.3 Å². The van der Waals surface area contributed by atoms with E-state index in [2.05, 4.69) is 0 Å². The van der Waals surface area contributed by atoms with E-state index in [1.807, 2.05) is 4.90 Å². The molecule has 0 aromatic heterocycles. The average molecular weight is 304 g/mol. The fourth-order valence-electron chi connectivity index (χ4n) is 6.35. The molecule has 2 amide bonds. The molecule has 5 fully saturated rings. The lowest BCUT2D eigenvalue weighted by atomic mass is 9.49. The Morgan fingerprint density at radius 3 is 1.91 bits per heavy atom. The van der Waals surface area contributed by atoms with Gasteiger partial charge in [-0.05, 0) is 74.5 Å². The van der Waals surface area contributed by atoms with Crippen LogP contribution in [0.2, 0.25) is 0 Å². The van der Waals surface area contributed by atoms with Crippen LogP contribution in [0.3, 0.4) is 0 Å². The van der Waals surface area contributed by atoms with E-state index in [9.17, 15) is 9.59 Å². The summed E-state index contributed by atoms with van der Waals surface area (Å²) in [6.45, 7) is 1.44. The summed E-state index contributed by atoms with van der Waals surface area (Å²) >= 11 is 0. The van der Waals surface area contributed by atoms with Crippen molar-refractivity contribution < 1.29 is 9.59 Å². The van der Waals surface area contributed by atoms with Crippen molar-refractivity contribution >= 4 is 11.8 Å². The van der Waals surface area contributed by atoms with E-state index in [0.717, 1.165) is 50.1 Å². The maximum Gasteiger partial charge on any atom is 0.223 e. The van der Waals surface area contributed by atoms with Crippen molar-refractivity contribution in [2.75, 3.05) is 13.1 Å². The zero-order valence-corrected chi connectivity index (χ0v) is 13.4. The van der Waals surface area contributed by atoms with E-state index in [-0.39, 0.29) is 11.8 Å². The number of amides is 2. The van der Waals surface area contributed by atoms with Gasteiger partial charge in [-0.3, -0.25) is 9.59 Å². The molecule has 4 bridgehead atoms. The number of likely N-dealkylation sites (tertiary alicyclic amines) is 1. The SMILES string of the molecule is NC(=O)C1CCN(C(=O)CC23CC4CC(CC(C4)C2)C3)CC1. The summed E-state index contributed by atoms with van der Waals surface area (Å²) in [6.07, 6.45) is 10.4. The first-order valence-corrected chi connectivity index (χ1v) is 9.10. The van der Waals surface area contributed by atoms with Gasteiger partial charge in [-0.1, -0.05) is 0 Å². The lowest BCUT2D eigenvalue weighted by Crippen LogP contribution is -2.49. The summed E-state index contributed by atoms with van der Waals surface area (Å²) in [6, 6.07) is 0. The molecule has 4 nitrogen and oxygen atoms in total. The van der Waals surface area contributed by atoms with Crippen LogP contribution in [0.1, 0.15) is 57.8 Å². The lowest BCUT2D eigenvalue weighted by molar-refractivity contribution is -0.142. The van der Waals surface area contributed by atoms with E-state index < -0.39 is 0 Å². The van der Waals surface area contributed by atoms with E-state index in [4.69, 9.17) is 5.73 Å². The molecule has 22 heavy (non-hydrogen) atoms. The van der Waals surface area contributed by atoms with Gasteiger partial charge in [-0.2, -0.15) is 0 Å². The van der Waals surface area contributed by atoms with Gasteiger partial charge in [0, 0.05) is 25.4 Å². The zero-order valence-electron chi connectivity index (χ0n) is 13.4. The fourth-order valence-corrected chi connectivity index (χ4v) is 6.35. The van der Waals surface area contributed by atoms with Gasteiger partial charge in [0.25, 0.3) is 0 Å². The Hall–Kier alpha value is -1.06. The van der Waals surface area contributed by atoms with Crippen LogP contribution in [0.5, 0.6) is 0 Å². The minimum Gasteiger partial charge on any atom is -0.369 e. The molecule has 5 aliphatic rings. The molecular weight excluding hydrogens is 276 g/mol. The Morgan fingerprint density at radius 1 is 0.955 bits per heavy atom. The second-order valence-corrected chi connectivity index (χ2v) is 8.65. The molecule has 5 rings (SSSR count). The predicted molar refractivity (Wildman–Crippen MR) is 83.7 cm³/mol. The molecule has 0 atom stereocenters. The summed E-state index contributed by atoms with van der Waals surface area (Å²) in [5.74, 6) is 2.82. The first-order valence-electron chi connectivity index (χ1n) is 9.10. The Bertz CT molecular complexity index is 444. The van der Waals surface area contributed by atoms with Gasteiger partial charge in [-0.15, -0.1) is 0 Å². The number of piperidine rings is 1. The number of primary amides is 1. The van der Waals surface area contributed by atoms with Gasteiger partial charge in [0.05, 0.1) is 0 Å². The van der Waals surface area contributed by atoms with Gasteiger partial charge < -0.3 is 10.6 Å². The largest absolute Gasteiger partial charge is 0.369 e. The molecule has 2 N–H and O–H groups in total. The Kier molecular flexibility index (Phi) is 3.46. The molecule has 0 aromatic rings. The molecular formula is C18H28N2O2. The van der Waals surface area contributed by atoms with Crippen LogP contribution < -0.4 is 5.73 Å². The van der Waals surface area contributed by atoms with Crippen molar-refractivity contribution in [1.82, 2.24) is 4.90 Å². The van der Waals surface area contributed by atoms with Crippen LogP contribution in [0.25, 0.3) is 0 Å². The molecule has 122 valence electrons. The molecule has 1 saturated heterocycles. The molecule has 1 heterocycles. The molecule has 0 unspecified atom stereocenters. The van der Waals surface area contributed by atoms with Crippen molar-refractivity contribution in [1.29, 1.82) is 0 Å². The maximum absolute atomic E-state index is 12.8. The highest BCUT2D eigenvalue weighted by Crippen LogP contribution is 2.61. The third-order valence-electron chi connectivity index (χ3n) is 6.94. The number of carbonyl (C=O) groups is 2. The summed E-state index contributed by atoms with van der Waals surface area (Å²) in [4.78, 5) is 26.0. The van der Waals surface area contributed by atoms with Crippen LogP contribution in [0, 0.1) is 29.1 Å². The second-order valence-electron chi connectivity index (χ2n) is 8.65. The van der Waals surface area contributed by atoms with Crippen LogP contribution >= 0.6 is 0 Å². The van der Waals surface area contributed by atoms with Crippen LogP contribution in [-0.4, -0.2) is 29.8 Å². The van der Waals surface area contributed by atoms with Crippen molar-refractivity contribution in [3.05, 3.63) is 0 Å². The van der Waals surface area contributed by atoms with Gasteiger partial charge in [-0.25, -0.2) is 0 Å². The standard InChI is InChI=1S/C18H28N2O2/c19-17(22)15-1-3-20(4-2-15)16(21)11-18-8-12-5-13(9-18)7-14(6-12)10-18/h12-15H,1-11H2,(H2,19,22).